The molecule has 2 aromatic carbocycles. The Bertz CT molecular complexity index is 1100. The minimum absolute atomic E-state index is 0.0884. The van der Waals surface area contributed by atoms with Crippen LogP contribution in [0.1, 0.15) is 39.7 Å². The van der Waals surface area contributed by atoms with Gasteiger partial charge in [0.15, 0.2) is 0 Å². The lowest BCUT2D eigenvalue weighted by Gasteiger charge is -2.34. The van der Waals surface area contributed by atoms with Crippen molar-refractivity contribution in [3.8, 4) is 5.75 Å². The lowest BCUT2D eigenvalue weighted by Crippen LogP contribution is -2.48. The molecule has 4 rings (SSSR count). The Morgan fingerprint density at radius 3 is 2.42 bits per heavy atom. The molecule has 0 saturated carbocycles. The maximum Gasteiger partial charge on any atom is 0.253 e. The van der Waals surface area contributed by atoms with Crippen LogP contribution in [0.4, 0.5) is 0 Å². The summed E-state index contributed by atoms with van der Waals surface area (Å²) < 4.78 is 7.84. The molecule has 0 aliphatic carbocycles. The van der Waals surface area contributed by atoms with Gasteiger partial charge in [0, 0.05) is 61.6 Å². The summed E-state index contributed by atoms with van der Waals surface area (Å²) in [7, 11) is 0. The largest absolute Gasteiger partial charge is 0.489 e. The second kappa shape index (κ2) is 10.4. The van der Waals surface area contributed by atoms with Gasteiger partial charge in [0.05, 0.1) is 5.69 Å². The highest BCUT2D eigenvalue weighted by molar-refractivity contribution is 6.31. The van der Waals surface area contributed by atoms with Crippen LogP contribution in [0.5, 0.6) is 5.75 Å². The van der Waals surface area contributed by atoms with Gasteiger partial charge in [-0.1, -0.05) is 23.7 Å². The Morgan fingerprint density at radius 1 is 1.06 bits per heavy atom. The number of hydrogen-bond acceptors (Lipinski definition) is 4. The van der Waals surface area contributed by atoms with Gasteiger partial charge in [-0.25, -0.2) is 0 Å². The zero-order valence-corrected chi connectivity index (χ0v) is 20.3. The van der Waals surface area contributed by atoms with Gasteiger partial charge in [0.1, 0.15) is 12.4 Å². The van der Waals surface area contributed by atoms with Crippen LogP contribution in [0.2, 0.25) is 5.02 Å². The first-order chi connectivity index (χ1) is 15.9. The number of hydrogen-bond donors (Lipinski definition) is 0. The number of piperazine rings is 1. The van der Waals surface area contributed by atoms with Crippen LogP contribution in [0.15, 0.2) is 48.7 Å². The molecule has 2 heterocycles. The molecular formula is C26H31ClN4O2. The van der Waals surface area contributed by atoms with E-state index in [1.807, 2.05) is 59.0 Å². The fourth-order valence-corrected chi connectivity index (χ4v) is 4.14. The van der Waals surface area contributed by atoms with Gasteiger partial charge in [-0.2, -0.15) is 5.10 Å². The topological polar surface area (TPSA) is 50.6 Å². The van der Waals surface area contributed by atoms with Crippen molar-refractivity contribution in [3.63, 3.8) is 0 Å². The zero-order chi connectivity index (χ0) is 23.4. The van der Waals surface area contributed by atoms with E-state index in [2.05, 4.69) is 30.0 Å². The van der Waals surface area contributed by atoms with Gasteiger partial charge >= 0.3 is 0 Å². The number of carbonyl (C=O) groups is 1. The second-order valence-electron chi connectivity index (χ2n) is 8.56. The van der Waals surface area contributed by atoms with Crippen LogP contribution in [-0.2, 0) is 19.7 Å². The molecule has 3 aromatic rings. The predicted octanol–water partition coefficient (Wildman–Crippen LogP) is 4.71. The maximum absolute atomic E-state index is 13.0. The Balaban J connectivity index is 1.27. The molecule has 0 radical (unpaired) electrons. The molecule has 1 aliphatic heterocycles. The molecular weight excluding hydrogens is 436 g/mol. The molecule has 174 valence electrons. The molecule has 1 aromatic heterocycles. The van der Waals surface area contributed by atoms with Crippen molar-refractivity contribution in [2.75, 3.05) is 26.2 Å². The number of benzene rings is 2. The summed E-state index contributed by atoms with van der Waals surface area (Å²) in [5.41, 5.74) is 5.08. The van der Waals surface area contributed by atoms with Gasteiger partial charge in [-0.15, -0.1) is 0 Å². The summed E-state index contributed by atoms with van der Waals surface area (Å²) in [4.78, 5) is 17.3. The van der Waals surface area contributed by atoms with Crippen molar-refractivity contribution in [2.24, 2.45) is 0 Å². The van der Waals surface area contributed by atoms with Gasteiger partial charge in [0.2, 0.25) is 0 Å². The van der Waals surface area contributed by atoms with Crippen molar-refractivity contribution in [2.45, 2.75) is 40.5 Å². The lowest BCUT2D eigenvalue weighted by atomic mass is 10.1. The smallest absolute Gasteiger partial charge is 0.253 e. The molecule has 1 saturated heterocycles. The average molecular weight is 467 g/mol. The molecule has 0 unspecified atom stereocenters. The highest BCUT2D eigenvalue weighted by atomic mass is 35.5. The van der Waals surface area contributed by atoms with Crippen LogP contribution < -0.4 is 4.74 Å². The van der Waals surface area contributed by atoms with E-state index in [0.29, 0.717) is 6.61 Å². The summed E-state index contributed by atoms with van der Waals surface area (Å²) in [6.45, 7) is 11.5. The number of halogens is 1. The van der Waals surface area contributed by atoms with E-state index in [0.717, 1.165) is 72.4 Å². The van der Waals surface area contributed by atoms with E-state index < -0.39 is 0 Å². The summed E-state index contributed by atoms with van der Waals surface area (Å²) in [6, 6.07) is 13.3. The number of ether oxygens (including phenoxy) is 1. The first-order valence-corrected chi connectivity index (χ1v) is 11.8. The highest BCUT2D eigenvalue weighted by Crippen LogP contribution is 2.22. The third-order valence-corrected chi connectivity index (χ3v) is 6.59. The molecule has 0 spiro atoms. The van der Waals surface area contributed by atoms with E-state index in [1.165, 1.54) is 5.56 Å². The predicted molar refractivity (Wildman–Crippen MR) is 131 cm³/mol. The first-order valence-electron chi connectivity index (χ1n) is 11.5. The van der Waals surface area contributed by atoms with Crippen LogP contribution in [0.3, 0.4) is 0 Å². The molecule has 0 N–H and O–H groups in total. The Hall–Kier alpha value is -2.83. The van der Waals surface area contributed by atoms with Crippen molar-refractivity contribution >= 4 is 17.5 Å². The Kier molecular flexibility index (Phi) is 7.36. The first kappa shape index (κ1) is 23.3. The van der Waals surface area contributed by atoms with E-state index in [-0.39, 0.29) is 5.91 Å². The summed E-state index contributed by atoms with van der Waals surface area (Å²) >= 11 is 6.07. The minimum Gasteiger partial charge on any atom is -0.489 e. The number of aryl methyl sites for hydroxylation is 3. The number of nitrogens with zero attached hydrogens (tertiary/aromatic N) is 4. The quantitative estimate of drug-likeness (QED) is 0.506. The monoisotopic (exact) mass is 466 g/mol. The molecule has 33 heavy (non-hydrogen) atoms. The number of aromatic nitrogens is 2. The van der Waals surface area contributed by atoms with E-state index in [1.54, 1.807) is 0 Å². The number of carbonyl (C=O) groups excluding carboxylic acids is 1. The van der Waals surface area contributed by atoms with Gasteiger partial charge in [-0.3, -0.25) is 14.4 Å². The van der Waals surface area contributed by atoms with Gasteiger partial charge in [0.25, 0.3) is 5.91 Å². The molecule has 7 heteroatoms. The Morgan fingerprint density at radius 2 is 1.79 bits per heavy atom. The van der Waals surface area contributed by atoms with Gasteiger partial charge < -0.3 is 9.64 Å². The summed E-state index contributed by atoms with van der Waals surface area (Å²) in [5, 5.41) is 5.26. The second-order valence-corrected chi connectivity index (χ2v) is 8.97. The van der Waals surface area contributed by atoms with Crippen molar-refractivity contribution < 1.29 is 9.53 Å². The van der Waals surface area contributed by atoms with E-state index in [9.17, 15) is 4.79 Å². The highest BCUT2D eigenvalue weighted by Gasteiger charge is 2.23. The fourth-order valence-electron chi connectivity index (χ4n) is 4.03. The van der Waals surface area contributed by atoms with Crippen LogP contribution in [0, 0.1) is 13.8 Å². The van der Waals surface area contributed by atoms with Crippen LogP contribution in [0.25, 0.3) is 0 Å². The van der Waals surface area contributed by atoms with Crippen molar-refractivity contribution in [1.82, 2.24) is 19.6 Å². The molecule has 1 fully saturated rings. The lowest BCUT2D eigenvalue weighted by molar-refractivity contribution is 0.0628. The fraction of sp³-hybridized carbons (Fsp3) is 0.385. The average Bonchev–Trinajstić information content (AvgIpc) is 3.19. The SMILES string of the molecule is CCn1cc(CN2CCN(C(=O)c3ccc(COc4ccc(Cl)c(C)c4)cc3)CC2)c(C)n1. The van der Waals surface area contributed by atoms with E-state index in [4.69, 9.17) is 16.3 Å². The normalized spacial score (nSPS) is 14.5. The summed E-state index contributed by atoms with van der Waals surface area (Å²) in [5.74, 6) is 0.873. The molecule has 0 atom stereocenters. The number of amides is 1. The Labute approximate surface area is 200 Å². The zero-order valence-electron chi connectivity index (χ0n) is 19.6. The third kappa shape index (κ3) is 5.75. The minimum atomic E-state index is 0.0884. The van der Waals surface area contributed by atoms with Crippen LogP contribution in [-0.4, -0.2) is 51.7 Å². The van der Waals surface area contributed by atoms with Crippen molar-refractivity contribution in [1.29, 1.82) is 0 Å². The third-order valence-electron chi connectivity index (χ3n) is 6.16. The van der Waals surface area contributed by atoms with Gasteiger partial charge in [-0.05, 0) is 62.2 Å². The molecule has 6 nitrogen and oxygen atoms in total. The van der Waals surface area contributed by atoms with Crippen LogP contribution >= 0.6 is 11.6 Å². The maximum atomic E-state index is 13.0. The van der Waals surface area contributed by atoms with Crippen molar-refractivity contribution in [3.05, 3.63) is 81.6 Å². The molecule has 1 amide bonds. The van der Waals surface area contributed by atoms with E-state index >= 15 is 0 Å². The molecule has 1 aliphatic rings. The number of rotatable bonds is 7. The standard InChI is InChI=1S/C26H31ClN4O2/c1-4-31-17-23(20(3)28-31)16-29-11-13-30(14-12-29)26(32)22-7-5-21(6-8-22)18-33-24-9-10-25(27)19(2)15-24/h5-10,15,17H,4,11-14,16,18H2,1-3H3. The summed E-state index contributed by atoms with van der Waals surface area (Å²) in [6.07, 6.45) is 2.13. The molecule has 0 bridgehead atoms.